The quantitative estimate of drug-likeness (QED) is 0.259. The highest BCUT2D eigenvalue weighted by atomic mass is 79.9. The Kier molecular flexibility index (Phi) is 10.0. The van der Waals surface area contributed by atoms with Crippen LogP contribution in [0.4, 0.5) is 0 Å². The van der Waals surface area contributed by atoms with Gasteiger partial charge in [-0.25, -0.2) is 4.79 Å². The first-order valence-electron chi connectivity index (χ1n) is 11.7. The lowest BCUT2D eigenvalue weighted by molar-refractivity contribution is -0.149. The van der Waals surface area contributed by atoms with Gasteiger partial charge in [-0.2, -0.15) is 0 Å². The Morgan fingerprint density at radius 1 is 0.889 bits per heavy atom. The molecule has 186 valence electrons. The SMILES string of the molecule is CC(C)C[C@H](NC(=O)/C(=C/c1ccccc1)NC(=O)c1ccc(Br)cc1)C(=O)OCc1ccccc1. The summed E-state index contributed by atoms with van der Waals surface area (Å²) in [5.41, 5.74) is 2.00. The van der Waals surface area contributed by atoms with Crippen molar-refractivity contribution in [3.63, 3.8) is 0 Å². The summed E-state index contributed by atoms with van der Waals surface area (Å²) in [4.78, 5) is 39.1. The van der Waals surface area contributed by atoms with Crippen LogP contribution in [-0.4, -0.2) is 23.8 Å². The minimum Gasteiger partial charge on any atom is -0.459 e. The first kappa shape index (κ1) is 26.9. The van der Waals surface area contributed by atoms with Gasteiger partial charge in [0, 0.05) is 10.0 Å². The second-order valence-corrected chi connectivity index (χ2v) is 9.59. The number of benzene rings is 3. The topological polar surface area (TPSA) is 84.5 Å². The summed E-state index contributed by atoms with van der Waals surface area (Å²) in [6, 6.07) is 24.4. The molecule has 3 rings (SSSR count). The molecule has 0 aliphatic rings. The van der Waals surface area contributed by atoms with E-state index in [1.807, 2.05) is 74.5 Å². The van der Waals surface area contributed by atoms with Crippen LogP contribution in [0.15, 0.2) is 95.1 Å². The number of hydrogen-bond acceptors (Lipinski definition) is 4. The van der Waals surface area contributed by atoms with Crippen LogP contribution in [0.1, 0.15) is 41.8 Å². The summed E-state index contributed by atoms with van der Waals surface area (Å²) >= 11 is 3.35. The van der Waals surface area contributed by atoms with E-state index in [1.165, 1.54) is 0 Å². The maximum atomic E-state index is 13.3. The summed E-state index contributed by atoms with van der Waals surface area (Å²) in [5.74, 6) is -1.42. The van der Waals surface area contributed by atoms with Gasteiger partial charge in [-0.05, 0) is 53.8 Å². The maximum absolute atomic E-state index is 13.3. The fourth-order valence-electron chi connectivity index (χ4n) is 3.42. The van der Waals surface area contributed by atoms with E-state index in [4.69, 9.17) is 4.74 Å². The van der Waals surface area contributed by atoms with Crippen molar-refractivity contribution >= 4 is 39.8 Å². The molecule has 2 N–H and O–H groups in total. The van der Waals surface area contributed by atoms with Crippen LogP contribution in [-0.2, 0) is 20.9 Å². The van der Waals surface area contributed by atoms with Gasteiger partial charge in [0.15, 0.2) is 0 Å². The first-order valence-corrected chi connectivity index (χ1v) is 12.5. The third-order valence-electron chi connectivity index (χ3n) is 5.23. The lowest BCUT2D eigenvalue weighted by atomic mass is 10.0. The van der Waals surface area contributed by atoms with Gasteiger partial charge in [0.05, 0.1) is 0 Å². The molecular weight excluding hydrogens is 520 g/mol. The van der Waals surface area contributed by atoms with Gasteiger partial charge in [-0.1, -0.05) is 90.4 Å². The standard InChI is InChI=1S/C29H29BrN2O4/c1-20(2)17-26(29(35)36-19-22-11-7-4-8-12-22)32-28(34)25(18-21-9-5-3-6-10-21)31-27(33)23-13-15-24(30)16-14-23/h3-16,18,20,26H,17,19H2,1-2H3,(H,31,33)(H,32,34)/b25-18-/t26-/m0/s1. The predicted molar refractivity (Wildman–Crippen MR) is 144 cm³/mol. The summed E-state index contributed by atoms with van der Waals surface area (Å²) in [5, 5.41) is 5.47. The average molecular weight is 549 g/mol. The lowest BCUT2D eigenvalue weighted by Gasteiger charge is -2.20. The number of nitrogens with one attached hydrogen (secondary N) is 2. The van der Waals surface area contributed by atoms with Crippen molar-refractivity contribution < 1.29 is 19.1 Å². The molecule has 7 heteroatoms. The predicted octanol–water partition coefficient (Wildman–Crippen LogP) is 5.49. The number of hydrogen-bond donors (Lipinski definition) is 2. The molecule has 0 heterocycles. The highest BCUT2D eigenvalue weighted by Crippen LogP contribution is 2.13. The van der Waals surface area contributed by atoms with Gasteiger partial charge < -0.3 is 15.4 Å². The number of amides is 2. The van der Waals surface area contributed by atoms with E-state index in [1.54, 1.807) is 30.3 Å². The monoisotopic (exact) mass is 548 g/mol. The van der Waals surface area contributed by atoms with Crippen molar-refractivity contribution in [2.75, 3.05) is 0 Å². The molecule has 0 saturated heterocycles. The molecule has 1 atom stereocenters. The molecule has 0 spiro atoms. The summed E-state index contributed by atoms with van der Waals surface area (Å²) in [6.45, 7) is 4.02. The smallest absolute Gasteiger partial charge is 0.328 e. The van der Waals surface area contributed by atoms with Crippen LogP contribution in [0.5, 0.6) is 0 Å². The highest BCUT2D eigenvalue weighted by molar-refractivity contribution is 9.10. The maximum Gasteiger partial charge on any atom is 0.328 e. The fraction of sp³-hybridized carbons (Fsp3) is 0.207. The molecule has 6 nitrogen and oxygen atoms in total. The molecule has 2 amide bonds. The van der Waals surface area contributed by atoms with Gasteiger partial charge in [0.25, 0.3) is 11.8 Å². The van der Waals surface area contributed by atoms with Crippen molar-refractivity contribution in [1.82, 2.24) is 10.6 Å². The summed E-state index contributed by atoms with van der Waals surface area (Å²) in [6.07, 6.45) is 1.96. The zero-order valence-corrected chi connectivity index (χ0v) is 21.8. The minimum absolute atomic E-state index is 0.0266. The van der Waals surface area contributed by atoms with E-state index >= 15 is 0 Å². The van der Waals surface area contributed by atoms with Crippen LogP contribution >= 0.6 is 15.9 Å². The van der Waals surface area contributed by atoms with E-state index < -0.39 is 23.8 Å². The minimum atomic E-state index is -0.870. The molecule has 0 aliphatic carbocycles. The highest BCUT2D eigenvalue weighted by Gasteiger charge is 2.26. The largest absolute Gasteiger partial charge is 0.459 e. The van der Waals surface area contributed by atoms with E-state index in [0.29, 0.717) is 12.0 Å². The third kappa shape index (κ3) is 8.50. The van der Waals surface area contributed by atoms with Crippen molar-refractivity contribution in [3.05, 3.63) is 112 Å². The number of rotatable bonds is 10. The fourth-order valence-corrected chi connectivity index (χ4v) is 3.69. The Bertz CT molecular complexity index is 1190. The Morgan fingerprint density at radius 2 is 1.50 bits per heavy atom. The molecule has 0 unspecified atom stereocenters. The molecular formula is C29H29BrN2O4. The molecule has 3 aromatic rings. The lowest BCUT2D eigenvalue weighted by Crippen LogP contribution is -2.45. The summed E-state index contributed by atoms with van der Waals surface area (Å²) < 4.78 is 6.32. The molecule has 0 bridgehead atoms. The van der Waals surface area contributed by atoms with Gasteiger partial charge >= 0.3 is 5.97 Å². The normalized spacial score (nSPS) is 12.1. The second kappa shape index (κ2) is 13.4. The molecule has 3 aromatic carbocycles. The summed E-state index contributed by atoms with van der Waals surface area (Å²) in [7, 11) is 0. The van der Waals surface area contributed by atoms with E-state index in [-0.39, 0.29) is 18.2 Å². The number of halogens is 1. The average Bonchev–Trinajstić information content (AvgIpc) is 2.87. The molecule has 0 radical (unpaired) electrons. The van der Waals surface area contributed by atoms with Crippen LogP contribution in [0.25, 0.3) is 6.08 Å². The second-order valence-electron chi connectivity index (χ2n) is 8.68. The Hall–Kier alpha value is -3.71. The van der Waals surface area contributed by atoms with Crippen molar-refractivity contribution in [1.29, 1.82) is 0 Å². The Morgan fingerprint density at radius 3 is 2.11 bits per heavy atom. The molecule has 36 heavy (non-hydrogen) atoms. The van der Waals surface area contributed by atoms with Crippen molar-refractivity contribution in [2.24, 2.45) is 5.92 Å². The van der Waals surface area contributed by atoms with Gasteiger partial charge in [-0.15, -0.1) is 0 Å². The molecule has 0 fully saturated rings. The molecule has 0 saturated carbocycles. The van der Waals surface area contributed by atoms with Crippen LogP contribution in [0, 0.1) is 5.92 Å². The molecule has 0 aromatic heterocycles. The third-order valence-corrected chi connectivity index (χ3v) is 5.76. The van der Waals surface area contributed by atoms with Crippen molar-refractivity contribution in [2.45, 2.75) is 32.9 Å². The Balaban J connectivity index is 1.79. The van der Waals surface area contributed by atoms with E-state index in [0.717, 1.165) is 15.6 Å². The van der Waals surface area contributed by atoms with E-state index in [9.17, 15) is 14.4 Å². The number of ether oxygens (including phenoxy) is 1. The van der Waals surface area contributed by atoms with Crippen molar-refractivity contribution in [3.8, 4) is 0 Å². The van der Waals surface area contributed by atoms with E-state index in [2.05, 4.69) is 26.6 Å². The number of esters is 1. The van der Waals surface area contributed by atoms with Crippen LogP contribution in [0.3, 0.4) is 0 Å². The van der Waals surface area contributed by atoms with Crippen LogP contribution < -0.4 is 10.6 Å². The number of carbonyl (C=O) groups excluding carboxylic acids is 3. The first-order chi connectivity index (χ1) is 17.3. The Labute approximate surface area is 219 Å². The van der Waals surface area contributed by atoms with Crippen LogP contribution in [0.2, 0.25) is 0 Å². The zero-order valence-electron chi connectivity index (χ0n) is 20.2. The van der Waals surface area contributed by atoms with Gasteiger partial charge in [0.1, 0.15) is 18.3 Å². The van der Waals surface area contributed by atoms with Gasteiger partial charge in [-0.3, -0.25) is 9.59 Å². The number of carbonyl (C=O) groups is 3. The zero-order chi connectivity index (χ0) is 25.9. The molecule has 0 aliphatic heterocycles. The van der Waals surface area contributed by atoms with Gasteiger partial charge in [0.2, 0.25) is 0 Å².